The van der Waals surface area contributed by atoms with Crippen LogP contribution in [0, 0.1) is 26.2 Å². The summed E-state index contributed by atoms with van der Waals surface area (Å²) < 4.78 is 5.95. The van der Waals surface area contributed by atoms with Gasteiger partial charge in [0.1, 0.15) is 18.2 Å². The van der Waals surface area contributed by atoms with Gasteiger partial charge in [0.05, 0.1) is 0 Å². The third-order valence-corrected chi connectivity index (χ3v) is 3.52. The lowest BCUT2D eigenvalue weighted by Gasteiger charge is -2.14. The fraction of sp³-hybridized carbons (Fsp3) is 0.235. The van der Waals surface area contributed by atoms with Gasteiger partial charge in [0.2, 0.25) is 0 Å². The highest BCUT2D eigenvalue weighted by Gasteiger charge is 2.06. The molecule has 0 spiro atoms. The van der Waals surface area contributed by atoms with Crippen molar-refractivity contribution < 1.29 is 4.74 Å². The molecule has 3 N–H and O–H groups in total. The van der Waals surface area contributed by atoms with E-state index in [1.54, 1.807) is 0 Å². The second-order valence-electron chi connectivity index (χ2n) is 5.05. The number of nitrogen functional groups attached to an aromatic ring is 1. The maximum atomic E-state index is 7.37. The minimum absolute atomic E-state index is 0.0860. The van der Waals surface area contributed by atoms with E-state index in [9.17, 15) is 0 Å². The molecule has 0 aliphatic carbocycles. The fourth-order valence-electron chi connectivity index (χ4n) is 2.08. The summed E-state index contributed by atoms with van der Waals surface area (Å²) in [5.41, 5.74) is 10.8. The van der Waals surface area contributed by atoms with Crippen molar-refractivity contribution >= 4 is 5.84 Å². The summed E-state index contributed by atoms with van der Waals surface area (Å²) in [4.78, 5) is 0. The lowest BCUT2D eigenvalue weighted by molar-refractivity contribution is 0.301. The van der Waals surface area contributed by atoms with Crippen LogP contribution in [0.4, 0.5) is 0 Å². The molecule has 0 fully saturated rings. The van der Waals surface area contributed by atoms with E-state index in [-0.39, 0.29) is 5.84 Å². The molecule has 0 atom stereocenters. The van der Waals surface area contributed by atoms with Crippen LogP contribution in [-0.4, -0.2) is 5.84 Å². The number of hydrogen-bond donors (Lipinski definition) is 2. The highest BCUT2D eigenvalue weighted by atomic mass is 16.5. The van der Waals surface area contributed by atoms with Crippen LogP contribution in [0.25, 0.3) is 0 Å². The summed E-state index contributed by atoms with van der Waals surface area (Å²) in [6.07, 6.45) is 0. The zero-order valence-electron chi connectivity index (χ0n) is 12.2. The average molecular weight is 268 g/mol. The zero-order valence-corrected chi connectivity index (χ0v) is 12.2. The second kappa shape index (κ2) is 5.78. The SMILES string of the molecule is Cc1ccc(C)c(OCc2ccc(C(=N)N)cc2)c1C. The summed E-state index contributed by atoms with van der Waals surface area (Å²) in [5.74, 6) is 1.04. The number of ether oxygens (including phenoxy) is 1. The predicted octanol–water partition coefficient (Wildman–Crippen LogP) is 3.47. The normalized spacial score (nSPS) is 10.3. The summed E-state index contributed by atoms with van der Waals surface area (Å²) in [5, 5.41) is 7.37. The van der Waals surface area contributed by atoms with Gasteiger partial charge in [0, 0.05) is 5.56 Å². The molecule has 0 heterocycles. The average Bonchev–Trinajstić information content (AvgIpc) is 2.43. The van der Waals surface area contributed by atoms with Gasteiger partial charge in [-0.1, -0.05) is 36.4 Å². The van der Waals surface area contributed by atoms with Crippen LogP contribution >= 0.6 is 0 Å². The van der Waals surface area contributed by atoms with Crippen molar-refractivity contribution in [3.05, 3.63) is 64.2 Å². The van der Waals surface area contributed by atoms with Gasteiger partial charge < -0.3 is 10.5 Å². The predicted molar refractivity (Wildman–Crippen MR) is 82.4 cm³/mol. The Bertz CT molecular complexity index is 630. The van der Waals surface area contributed by atoms with E-state index in [0.29, 0.717) is 6.61 Å². The van der Waals surface area contributed by atoms with Crippen LogP contribution in [0.2, 0.25) is 0 Å². The number of benzene rings is 2. The maximum Gasteiger partial charge on any atom is 0.125 e. The molecule has 0 aliphatic rings. The zero-order chi connectivity index (χ0) is 14.7. The molecule has 0 unspecified atom stereocenters. The molecule has 2 aromatic rings. The third kappa shape index (κ3) is 2.99. The van der Waals surface area contributed by atoms with Crippen LogP contribution in [0.5, 0.6) is 5.75 Å². The Morgan fingerprint density at radius 1 is 1.00 bits per heavy atom. The molecule has 0 aromatic heterocycles. The molecular weight excluding hydrogens is 248 g/mol. The van der Waals surface area contributed by atoms with Gasteiger partial charge in [0.15, 0.2) is 0 Å². The molecule has 0 bridgehead atoms. The van der Waals surface area contributed by atoms with Gasteiger partial charge in [-0.15, -0.1) is 0 Å². The molecule has 0 radical (unpaired) electrons. The summed E-state index contributed by atoms with van der Waals surface area (Å²) >= 11 is 0. The third-order valence-electron chi connectivity index (χ3n) is 3.52. The molecule has 104 valence electrons. The minimum Gasteiger partial charge on any atom is -0.488 e. The first-order chi connectivity index (χ1) is 9.49. The summed E-state index contributed by atoms with van der Waals surface area (Å²) in [7, 11) is 0. The first kappa shape index (κ1) is 14.1. The van der Waals surface area contributed by atoms with Gasteiger partial charge in [-0.2, -0.15) is 0 Å². The second-order valence-corrected chi connectivity index (χ2v) is 5.05. The van der Waals surface area contributed by atoms with E-state index in [1.807, 2.05) is 24.3 Å². The molecule has 3 nitrogen and oxygen atoms in total. The lowest BCUT2D eigenvalue weighted by Crippen LogP contribution is -2.10. The number of rotatable bonds is 4. The molecule has 20 heavy (non-hydrogen) atoms. The standard InChI is InChI=1S/C17H20N2O/c1-11-4-5-12(2)16(13(11)3)20-10-14-6-8-15(9-7-14)17(18)19/h4-9H,10H2,1-3H3,(H3,18,19). The summed E-state index contributed by atoms with van der Waals surface area (Å²) in [6, 6.07) is 11.8. The molecule has 2 rings (SSSR count). The number of aryl methyl sites for hydroxylation is 2. The molecule has 3 heteroatoms. The first-order valence-electron chi connectivity index (χ1n) is 6.62. The van der Waals surface area contributed by atoms with Gasteiger partial charge in [-0.25, -0.2) is 0 Å². The van der Waals surface area contributed by atoms with E-state index in [2.05, 4.69) is 32.9 Å². The maximum absolute atomic E-state index is 7.37. The Balaban J connectivity index is 2.13. The number of amidine groups is 1. The largest absolute Gasteiger partial charge is 0.488 e. The van der Waals surface area contributed by atoms with E-state index in [4.69, 9.17) is 15.9 Å². The molecule has 0 aliphatic heterocycles. The van der Waals surface area contributed by atoms with Gasteiger partial charge in [0.25, 0.3) is 0 Å². The van der Waals surface area contributed by atoms with Crippen LogP contribution in [0.3, 0.4) is 0 Å². The Kier molecular flexibility index (Phi) is 4.08. The van der Waals surface area contributed by atoms with Crippen LogP contribution in [-0.2, 0) is 6.61 Å². The topological polar surface area (TPSA) is 59.1 Å². The summed E-state index contributed by atoms with van der Waals surface area (Å²) in [6.45, 7) is 6.74. The van der Waals surface area contributed by atoms with Crippen molar-refractivity contribution in [2.24, 2.45) is 5.73 Å². The smallest absolute Gasteiger partial charge is 0.125 e. The Hall–Kier alpha value is -2.29. The Morgan fingerprint density at radius 3 is 2.20 bits per heavy atom. The van der Waals surface area contributed by atoms with Crippen molar-refractivity contribution in [2.75, 3.05) is 0 Å². The van der Waals surface area contributed by atoms with Gasteiger partial charge in [-0.3, -0.25) is 5.41 Å². The first-order valence-corrected chi connectivity index (χ1v) is 6.62. The Morgan fingerprint density at radius 2 is 1.60 bits per heavy atom. The van der Waals surface area contributed by atoms with Crippen molar-refractivity contribution in [1.29, 1.82) is 5.41 Å². The van der Waals surface area contributed by atoms with E-state index in [0.717, 1.165) is 22.4 Å². The number of nitrogens with two attached hydrogens (primary N) is 1. The number of hydrogen-bond acceptors (Lipinski definition) is 2. The van der Waals surface area contributed by atoms with Crippen LogP contribution < -0.4 is 10.5 Å². The van der Waals surface area contributed by atoms with Crippen LogP contribution in [0.1, 0.15) is 27.8 Å². The number of nitrogens with one attached hydrogen (secondary N) is 1. The van der Waals surface area contributed by atoms with E-state index in [1.165, 1.54) is 11.1 Å². The molecule has 0 amide bonds. The monoisotopic (exact) mass is 268 g/mol. The fourth-order valence-corrected chi connectivity index (χ4v) is 2.08. The molecule has 2 aromatic carbocycles. The quantitative estimate of drug-likeness (QED) is 0.659. The van der Waals surface area contributed by atoms with E-state index >= 15 is 0 Å². The highest BCUT2D eigenvalue weighted by Crippen LogP contribution is 2.26. The molecule has 0 saturated heterocycles. The Labute approximate surface area is 119 Å². The van der Waals surface area contributed by atoms with Gasteiger partial charge >= 0.3 is 0 Å². The highest BCUT2D eigenvalue weighted by molar-refractivity contribution is 5.94. The minimum atomic E-state index is 0.0860. The lowest BCUT2D eigenvalue weighted by atomic mass is 10.1. The van der Waals surface area contributed by atoms with Gasteiger partial charge in [-0.05, 0) is 43.0 Å². The van der Waals surface area contributed by atoms with Crippen molar-refractivity contribution in [3.63, 3.8) is 0 Å². The van der Waals surface area contributed by atoms with Crippen molar-refractivity contribution in [1.82, 2.24) is 0 Å². The van der Waals surface area contributed by atoms with Crippen molar-refractivity contribution in [3.8, 4) is 5.75 Å². The molecular formula is C17H20N2O. The van der Waals surface area contributed by atoms with Crippen molar-refractivity contribution in [2.45, 2.75) is 27.4 Å². The van der Waals surface area contributed by atoms with Crippen LogP contribution in [0.15, 0.2) is 36.4 Å². The molecule has 0 saturated carbocycles. The van der Waals surface area contributed by atoms with E-state index < -0.39 is 0 Å².